The molecule has 1 heterocycles. The van der Waals surface area contributed by atoms with Crippen molar-refractivity contribution in [2.75, 3.05) is 0 Å². The van der Waals surface area contributed by atoms with Gasteiger partial charge >= 0.3 is 0 Å². The standard InChI is InChI=1S/C20H16FN3O2/c1-12-3-5-14(11-22)9-17(12)26-20-13(2)4-6-15(19(20)21)10-16-7-8-18(25)24-23-16/h3-9H,10H2,1-2H3,(H,24,25). The van der Waals surface area contributed by atoms with E-state index in [1.54, 1.807) is 43.3 Å². The molecule has 6 heteroatoms. The minimum atomic E-state index is -0.486. The molecule has 130 valence electrons. The summed E-state index contributed by atoms with van der Waals surface area (Å²) in [5.41, 5.74) is 2.52. The summed E-state index contributed by atoms with van der Waals surface area (Å²) in [4.78, 5) is 11.1. The maximum atomic E-state index is 15.0. The number of aryl methyl sites for hydroxylation is 2. The lowest BCUT2D eigenvalue weighted by Gasteiger charge is -2.14. The molecule has 26 heavy (non-hydrogen) atoms. The maximum absolute atomic E-state index is 15.0. The molecule has 2 aromatic carbocycles. The number of hydrogen-bond donors (Lipinski definition) is 1. The Hall–Kier alpha value is -3.46. The predicted octanol–water partition coefficient (Wildman–Crippen LogP) is 3.78. The Balaban J connectivity index is 1.96. The molecule has 0 aliphatic carbocycles. The van der Waals surface area contributed by atoms with Crippen LogP contribution in [0.15, 0.2) is 47.3 Å². The van der Waals surface area contributed by atoms with E-state index in [2.05, 4.69) is 10.2 Å². The van der Waals surface area contributed by atoms with Gasteiger partial charge in [-0.15, -0.1) is 0 Å². The first-order chi connectivity index (χ1) is 12.5. The van der Waals surface area contributed by atoms with Crippen LogP contribution < -0.4 is 10.3 Å². The molecule has 0 bridgehead atoms. The van der Waals surface area contributed by atoms with Crippen molar-refractivity contribution in [2.45, 2.75) is 20.3 Å². The second-order valence-corrected chi connectivity index (χ2v) is 5.97. The van der Waals surface area contributed by atoms with Gasteiger partial charge in [-0.05, 0) is 48.7 Å². The fourth-order valence-electron chi connectivity index (χ4n) is 2.51. The zero-order valence-electron chi connectivity index (χ0n) is 14.3. The highest BCUT2D eigenvalue weighted by molar-refractivity contribution is 5.47. The van der Waals surface area contributed by atoms with E-state index in [9.17, 15) is 4.79 Å². The lowest BCUT2D eigenvalue weighted by molar-refractivity contribution is 0.432. The Labute approximate surface area is 149 Å². The van der Waals surface area contributed by atoms with Gasteiger partial charge in [0.2, 0.25) is 0 Å². The van der Waals surface area contributed by atoms with E-state index in [0.717, 1.165) is 5.56 Å². The van der Waals surface area contributed by atoms with Gasteiger partial charge in [0, 0.05) is 12.5 Å². The van der Waals surface area contributed by atoms with Crippen molar-refractivity contribution in [1.82, 2.24) is 10.2 Å². The number of halogens is 1. The molecule has 5 nitrogen and oxygen atoms in total. The second kappa shape index (κ2) is 7.19. The number of aromatic nitrogens is 2. The van der Waals surface area contributed by atoms with E-state index in [1.807, 2.05) is 13.0 Å². The van der Waals surface area contributed by atoms with E-state index in [4.69, 9.17) is 10.00 Å². The van der Waals surface area contributed by atoms with Gasteiger partial charge in [-0.2, -0.15) is 10.4 Å². The summed E-state index contributed by atoms with van der Waals surface area (Å²) < 4.78 is 20.8. The molecule has 0 aliphatic rings. The van der Waals surface area contributed by atoms with Crippen molar-refractivity contribution in [2.24, 2.45) is 0 Å². The topological polar surface area (TPSA) is 78.8 Å². The number of H-pyrrole nitrogens is 1. The zero-order chi connectivity index (χ0) is 18.7. The smallest absolute Gasteiger partial charge is 0.264 e. The summed E-state index contributed by atoms with van der Waals surface area (Å²) in [5.74, 6) is 0.0650. The van der Waals surface area contributed by atoms with Gasteiger partial charge in [0.25, 0.3) is 5.56 Å². The summed E-state index contributed by atoms with van der Waals surface area (Å²) in [5, 5.41) is 15.3. The Bertz CT molecular complexity index is 1050. The van der Waals surface area contributed by atoms with Crippen LogP contribution in [0.1, 0.15) is 27.9 Å². The van der Waals surface area contributed by atoms with Crippen LogP contribution in [0, 0.1) is 31.0 Å². The van der Waals surface area contributed by atoms with Gasteiger partial charge in [-0.1, -0.05) is 18.2 Å². The minimum absolute atomic E-state index is 0.116. The lowest BCUT2D eigenvalue weighted by Crippen LogP contribution is -2.08. The summed E-state index contributed by atoms with van der Waals surface area (Å²) in [6.45, 7) is 3.59. The van der Waals surface area contributed by atoms with E-state index in [0.29, 0.717) is 28.1 Å². The van der Waals surface area contributed by atoms with Crippen molar-refractivity contribution in [1.29, 1.82) is 5.26 Å². The Morgan fingerprint density at radius 3 is 2.62 bits per heavy atom. The van der Waals surface area contributed by atoms with Crippen LogP contribution in [0.2, 0.25) is 0 Å². The van der Waals surface area contributed by atoms with Crippen molar-refractivity contribution in [3.63, 3.8) is 0 Å². The molecule has 1 aromatic heterocycles. The van der Waals surface area contributed by atoms with Crippen molar-refractivity contribution in [3.05, 3.63) is 86.6 Å². The molecule has 0 unspecified atom stereocenters. The molecule has 0 radical (unpaired) electrons. The third-order valence-electron chi connectivity index (χ3n) is 4.01. The summed E-state index contributed by atoms with van der Waals surface area (Å²) in [7, 11) is 0. The normalized spacial score (nSPS) is 10.4. The molecule has 0 amide bonds. The van der Waals surface area contributed by atoms with Crippen LogP contribution in [0.25, 0.3) is 0 Å². The maximum Gasteiger partial charge on any atom is 0.264 e. The summed E-state index contributed by atoms with van der Waals surface area (Å²) in [6.07, 6.45) is 0.219. The second-order valence-electron chi connectivity index (χ2n) is 5.97. The van der Waals surface area contributed by atoms with Gasteiger partial charge in [-0.3, -0.25) is 4.79 Å². The van der Waals surface area contributed by atoms with Crippen LogP contribution in [0.5, 0.6) is 11.5 Å². The van der Waals surface area contributed by atoms with Crippen LogP contribution in [0.4, 0.5) is 4.39 Å². The Kier molecular flexibility index (Phi) is 4.81. The van der Waals surface area contributed by atoms with Crippen molar-refractivity contribution < 1.29 is 9.13 Å². The highest BCUT2D eigenvalue weighted by atomic mass is 19.1. The van der Waals surface area contributed by atoms with Gasteiger partial charge in [0.15, 0.2) is 11.6 Å². The monoisotopic (exact) mass is 349 g/mol. The van der Waals surface area contributed by atoms with Crippen LogP contribution in [-0.4, -0.2) is 10.2 Å². The molecule has 0 aliphatic heterocycles. The molecule has 3 aromatic rings. The van der Waals surface area contributed by atoms with Gasteiger partial charge in [0.05, 0.1) is 17.3 Å². The first-order valence-corrected chi connectivity index (χ1v) is 7.99. The fourth-order valence-corrected chi connectivity index (χ4v) is 2.51. The molecule has 0 saturated carbocycles. The number of rotatable bonds is 4. The highest BCUT2D eigenvalue weighted by Crippen LogP contribution is 2.33. The van der Waals surface area contributed by atoms with Crippen molar-refractivity contribution in [3.8, 4) is 17.6 Å². The van der Waals surface area contributed by atoms with Crippen molar-refractivity contribution >= 4 is 0 Å². The summed E-state index contributed by atoms with van der Waals surface area (Å²) >= 11 is 0. The average Bonchev–Trinajstić information content (AvgIpc) is 2.64. The number of nitrogens with zero attached hydrogens (tertiary/aromatic N) is 2. The quantitative estimate of drug-likeness (QED) is 0.777. The number of benzene rings is 2. The SMILES string of the molecule is Cc1ccc(C#N)cc1Oc1c(C)ccc(Cc2ccc(=O)[nH]n2)c1F. The largest absolute Gasteiger partial charge is 0.454 e. The van der Waals surface area contributed by atoms with E-state index < -0.39 is 5.82 Å². The van der Waals surface area contributed by atoms with Crippen LogP contribution in [-0.2, 0) is 6.42 Å². The molecule has 3 rings (SSSR count). The molecular weight excluding hydrogens is 333 g/mol. The average molecular weight is 349 g/mol. The molecular formula is C20H16FN3O2. The number of nitriles is 1. The lowest BCUT2D eigenvalue weighted by atomic mass is 10.1. The van der Waals surface area contributed by atoms with E-state index >= 15 is 4.39 Å². The van der Waals surface area contributed by atoms with E-state index in [1.165, 1.54) is 6.07 Å². The van der Waals surface area contributed by atoms with Crippen LogP contribution in [0.3, 0.4) is 0 Å². The first kappa shape index (κ1) is 17.4. The Morgan fingerprint density at radius 1 is 1.15 bits per heavy atom. The molecule has 0 spiro atoms. The fraction of sp³-hybridized carbons (Fsp3) is 0.150. The number of nitrogens with one attached hydrogen (secondary N) is 1. The third kappa shape index (κ3) is 3.62. The molecule has 0 fully saturated rings. The highest BCUT2D eigenvalue weighted by Gasteiger charge is 2.15. The first-order valence-electron chi connectivity index (χ1n) is 7.99. The van der Waals surface area contributed by atoms with Gasteiger partial charge in [0.1, 0.15) is 5.75 Å². The minimum Gasteiger partial charge on any atom is -0.454 e. The van der Waals surface area contributed by atoms with Crippen LogP contribution >= 0.6 is 0 Å². The number of hydrogen-bond acceptors (Lipinski definition) is 4. The van der Waals surface area contributed by atoms with Gasteiger partial charge < -0.3 is 4.74 Å². The Morgan fingerprint density at radius 2 is 1.92 bits per heavy atom. The summed E-state index contributed by atoms with van der Waals surface area (Å²) in [6, 6.07) is 13.4. The van der Waals surface area contributed by atoms with Gasteiger partial charge in [-0.25, -0.2) is 9.49 Å². The molecule has 0 atom stereocenters. The number of aromatic amines is 1. The zero-order valence-corrected chi connectivity index (χ0v) is 14.3. The molecule has 0 saturated heterocycles. The third-order valence-corrected chi connectivity index (χ3v) is 4.01. The predicted molar refractivity (Wildman–Crippen MR) is 94.8 cm³/mol. The molecule has 1 N–H and O–H groups in total. The number of ether oxygens (including phenoxy) is 1. The van der Waals surface area contributed by atoms with E-state index in [-0.39, 0.29) is 17.7 Å².